The Morgan fingerprint density at radius 2 is 2.55 bits per heavy atom. The Morgan fingerprint density at radius 3 is 3.00 bits per heavy atom. The fraction of sp³-hybridized carbons (Fsp3) is 0.571. The van der Waals surface area contributed by atoms with Gasteiger partial charge in [-0.1, -0.05) is 0 Å². The molecule has 0 bridgehead atoms. The van der Waals surface area contributed by atoms with E-state index in [0.29, 0.717) is 6.54 Å². The molecule has 4 nitrogen and oxygen atoms in total. The number of imidazole rings is 1. The molecule has 11 heavy (non-hydrogen) atoms. The third kappa shape index (κ3) is 1.94. The Balaban J connectivity index is 2.56. The summed E-state index contributed by atoms with van der Waals surface area (Å²) in [4.78, 5) is 4.10. The maximum Gasteiger partial charge on any atom is 0.202 e. The molecule has 1 aromatic heterocycles. The van der Waals surface area contributed by atoms with Crippen LogP contribution in [0.4, 0.5) is 5.95 Å². The average molecular weight is 154 g/mol. The molecule has 1 aromatic rings. The summed E-state index contributed by atoms with van der Waals surface area (Å²) in [5.41, 5.74) is 5.44. The molecule has 0 aromatic carbocycles. The second kappa shape index (κ2) is 3.39. The average Bonchev–Trinajstić information content (AvgIpc) is 2.37. The van der Waals surface area contributed by atoms with Gasteiger partial charge in [0.25, 0.3) is 0 Å². The molecule has 1 heterocycles. The number of aromatic nitrogens is 2. The molecule has 0 saturated carbocycles. The summed E-state index contributed by atoms with van der Waals surface area (Å²) in [7, 11) is 1.94. The van der Waals surface area contributed by atoms with Gasteiger partial charge in [0.15, 0.2) is 0 Å². The van der Waals surface area contributed by atoms with Gasteiger partial charge in [-0.15, -0.1) is 0 Å². The summed E-state index contributed by atoms with van der Waals surface area (Å²) in [6.07, 6.45) is 3.65. The van der Waals surface area contributed by atoms with Crippen molar-refractivity contribution in [3.8, 4) is 0 Å². The summed E-state index contributed by atoms with van der Waals surface area (Å²) >= 11 is 0. The molecule has 0 radical (unpaired) electrons. The monoisotopic (exact) mass is 154 g/mol. The Bertz CT molecular complexity index is 218. The molecular weight excluding hydrogens is 140 g/mol. The molecule has 62 valence electrons. The zero-order valence-corrected chi connectivity index (χ0v) is 6.91. The van der Waals surface area contributed by atoms with E-state index in [0.717, 1.165) is 5.95 Å². The van der Waals surface area contributed by atoms with Gasteiger partial charge in [0.05, 0.1) is 0 Å². The smallest absolute Gasteiger partial charge is 0.202 e. The quantitative estimate of drug-likeness (QED) is 0.653. The third-order valence-electron chi connectivity index (χ3n) is 1.55. The van der Waals surface area contributed by atoms with Crippen LogP contribution in [0.2, 0.25) is 0 Å². The molecule has 0 amide bonds. The minimum absolute atomic E-state index is 0.274. The molecule has 1 unspecified atom stereocenters. The van der Waals surface area contributed by atoms with Gasteiger partial charge in [-0.05, 0) is 6.92 Å². The second-order valence-corrected chi connectivity index (χ2v) is 2.64. The van der Waals surface area contributed by atoms with Crippen LogP contribution in [-0.2, 0) is 7.05 Å². The minimum Gasteiger partial charge on any atom is -0.352 e. The van der Waals surface area contributed by atoms with Crippen LogP contribution < -0.4 is 11.1 Å². The normalized spacial score (nSPS) is 13.0. The number of nitrogens with zero attached hydrogens (tertiary/aromatic N) is 2. The van der Waals surface area contributed by atoms with Crippen molar-refractivity contribution in [2.45, 2.75) is 13.0 Å². The largest absolute Gasteiger partial charge is 0.352 e. The molecular formula is C7H14N4. The third-order valence-corrected chi connectivity index (χ3v) is 1.55. The molecule has 0 saturated heterocycles. The lowest BCUT2D eigenvalue weighted by Gasteiger charge is -2.11. The Labute approximate surface area is 66.4 Å². The zero-order valence-electron chi connectivity index (χ0n) is 6.91. The number of nitrogens with two attached hydrogens (primary N) is 1. The molecule has 1 atom stereocenters. The van der Waals surface area contributed by atoms with Crippen LogP contribution in [0.5, 0.6) is 0 Å². The van der Waals surface area contributed by atoms with E-state index < -0.39 is 0 Å². The Morgan fingerprint density at radius 1 is 1.82 bits per heavy atom. The number of nitrogens with one attached hydrogen (secondary N) is 1. The highest BCUT2D eigenvalue weighted by molar-refractivity contribution is 5.26. The van der Waals surface area contributed by atoms with Gasteiger partial charge in [-0.25, -0.2) is 4.98 Å². The number of anilines is 1. The van der Waals surface area contributed by atoms with E-state index in [4.69, 9.17) is 5.73 Å². The second-order valence-electron chi connectivity index (χ2n) is 2.64. The van der Waals surface area contributed by atoms with E-state index in [1.54, 1.807) is 6.20 Å². The highest BCUT2D eigenvalue weighted by atomic mass is 15.2. The SMILES string of the molecule is CC(CN)Nc1nccn1C. The molecule has 0 aliphatic rings. The van der Waals surface area contributed by atoms with E-state index in [1.165, 1.54) is 0 Å². The lowest BCUT2D eigenvalue weighted by atomic mass is 10.3. The van der Waals surface area contributed by atoms with Crippen molar-refractivity contribution < 1.29 is 0 Å². The van der Waals surface area contributed by atoms with Crippen LogP contribution in [0.1, 0.15) is 6.92 Å². The van der Waals surface area contributed by atoms with Gasteiger partial charge < -0.3 is 15.6 Å². The van der Waals surface area contributed by atoms with E-state index in [9.17, 15) is 0 Å². The van der Waals surface area contributed by atoms with Crippen LogP contribution in [0.25, 0.3) is 0 Å². The number of hydrogen-bond donors (Lipinski definition) is 2. The van der Waals surface area contributed by atoms with Crippen molar-refractivity contribution in [3.05, 3.63) is 12.4 Å². The number of rotatable bonds is 3. The van der Waals surface area contributed by atoms with Crippen LogP contribution in [0, 0.1) is 0 Å². The molecule has 4 heteroatoms. The predicted molar refractivity (Wildman–Crippen MR) is 45.3 cm³/mol. The maximum absolute atomic E-state index is 5.44. The first-order chi connectivity index (χ1) is 5.24. The van der Waals surface area contributed by atoms with Crippen molar-refractivity contribution in [2.75, 3.05) is 11.9 Å². The van der Waals surface area contributed by atoms with Gasteiger partial charge in [0.1, 0.15) is 0 Å². The molecule has 0 fully saturated rings. The van der Waals surface area contributed by atoms with E-state index in [-0.39, 0.29) is 6.04 Å². The molecule has 0 spiro atoms. The molecule has 0 aliphatic heterocycles. The maximum atomic E-state index is 5.44. The van der Waals surface area contributed by atoms with E-state index >= 15 is 0 Å². The summed E-state index contributed by atoms with van der Waals surface area (Å²) in [5, 5.41) is 3.17. The molecule has 3 N–H and O–H groups in total. The van der Waals surface area contributed by atoms with Crippen molar-refractivity contribution in [2.24, 2.45) is 12.8 Å². The van der Waals surface area contributed by atoms with Crippen molar-refractivity contribution >= 4 is 5.95 Å². The van der Waals surface area contributed by atoms with Gasteiger partial charge in [0.2, 0.25) is 5.95 Å². The lowest BCUT2D eigenvalue weighted by Crippen LogP contribution is -2.26. The summed E-state index contributed by atoms with van der Waals surface area (Å²) in [5.74, 6) is 0.864. The van der Waals surface area contributed by atoms with Crippen molar-refractivity contribution in [1.29, 1.82) is 0 Å². The lowest BCUT2D eigenvalue weighted by molar-refractivity contribution is 0.773. The molecule has 1 rings (SSSR count). The summed E-state index contributed by atoms with van der Waals surface area (Å²) in [6.45, 7) is 2.64. The first-order valence-electron chi connectivity index (χ1n) is 3.68. The van der Waals surface area contributed by atoms with Crippen molar-refractivity contribution in [1.82, 2.24) is 9.55 Å². The minimum atomic E-state index is 0.274. The summed E-state index contributed by atoms with van der Waals surface area (Å²) < 4.78 is 1.92. The van der Waals surface area contributed by atoms with Crippen LogP contribution in [0.3, 0.4) is 0 Å². The van der Waals surface area contributed by atoms with Gasteiger partial charge >= 0.3 is 0 Å². The first kappa shape index (κ1) is 8.07. The topological polar surface area (TPSA) is 55.9 Å². The van der Waals surface area contributed by atoms with Crippen LogP contribution in [-0.4, -0.2) is 22.1 Å². The van der Waals surface area contributed by atoms with Gasteiger partial charge in [-0.3, -0.25) is 0 Å². The van der Waals surface area contributed by atoms with Gasteiger partial charge in [-0.2, -0.15) is 0 Å². The zero-order chi connectivity index (χ0) is 8.27. The number of hydrogen-bond acceptors (Lipinski definition) is 3. The van der Waals surface area contributed by atoms with Crippen LogP contribution in [0.15, 0.2) is 12.4 Å². The van der Waals surface area contributed by atoms with E-state index in [2.05, 4.69) is 10.3 Å². The number of aryl methyl sites for hydroxylation is 1. The predicted octanol–water partition coefficient (Wildman–Crippen LogP) is 0.179. The Hall–Kier alpha value is -1.03. The van der Waals surface area contributed by atoms with Crippen molar-refractivity contribution in [3.63, 3.8) is 0 Å². The van der Waals surface area contributed by atoms with Gasteiger partial charge in [0, 0.05) is 32.0 Å². The summed E-state index contributed by atoms with van der Waals surface area (Å²) in [6, 6.07) is 0.274. The Kier molecular flexibility index (Phi) is 2.48. The highest BCUT2D eigenvalue weighted by Gasteiger charge is 2.01. The fourth-order valence-electron chi connectivity index (χ4n) is 0.784. The highest BCUT2D eigenvalue weighted by Crippen LogP contribution is 2.01. The standard InChI is InChI=1S/C7H14N4/c1-6(5-8)10-7-9-3-4-11(7)2/h3-4,6H,5,8H2,1-2H3,(H,9,10). The first-order valence-corrected chi connectivity index (χ1v) is 3.68. The molecule has 0 aliphatic carbocycles. The van der Waals surface area contributed by atoms with E-state index in [1.807, 2.05) is 24.7 Å². The van der Waals surface area contributed by atoms with Crippen LogP contribution >= 0.6 is 0 Å². The fourth-order valence-corrected chi connectivity index (χ4v) is 0.784.